The van der Waals surface area contributed by atoms with E-state index in [1.165, 1.54) is 11.3 Å². The van der Waals surface area contributed by atoms with Gasteiger partial charge >= 0.3 is 6.16 Å². The molecule has 0 atom stereocenters. The predicted molar refractivity (Wildman–Crippen MR) is 65.1 cm³/mol. The van der Waals surface area contributed by atoms with Gasteiger partial charge in [0, 0.05) is 10.3 Å². The topological polar surface area (TPSA) is 61.5 Å². The van der Waals surface area contributed by atoms with Crippen molar-refractivity contribution in [3.05, 3.63) is 10.3 Å². The first-order chi connectivity index (χ1) is 7.41. The molecule has 0 aliphatic heterocycles. The molecule has 0 aliphatic carbocycles. The Morgan fingerprint density at radius 2 is 2.00 bits per heavy atom. The maximum Gasteiger partial charge on any atom is 0.514 e. The fourth-order valence-corrected chi connectivity index (χ4v) is 2.11. The van der Waals surface area contributed by atoms with Gasteiger partial charge in [0.15, 0.2) is 5.75 Å². The van der Waals surface area contributed by atoms with Gasteiger partial charge in [-0.25, -0.2) is 4.79 Å². The summed E-state index contributed by atoms with van der Waals surface area (Å²) in [6.07, 6.45) is -0.910. The number of nitrogens with two attached hydrogens (primary N) is 1. The maximum absolute atomic E-state index is 11.3. The van der Waals surface area contributed by atoms with E-state index in [1.807, 2.05) is 13.8 Å². The zero-order valence-electron chi connectivity index (χ0n) is 9.94. The van der Waals surface area contributed by atoms with Crippen LogP contribution in [0.2, 0.25) is 0 Å². The molecule has 0 amide bonds. The first kappa shape index (κ1) is 12.8. The number of anilines is 1. The van der Waals surface area contributed by atoms with Crippen molar-refractivity contribution in [2.75, 3.05) is 5.73 Å². The summed E-state index contributed by atoms with van der Waals surface area (Å²) in [6.45, 7) is 7.60. The first-order valence-electron chi connectivity index (χ1n) is 5.17. The third-order valence-corrected chi connectivity index (χ3v) is 3.15. The fraction of sp³-hybridized carbons (Fsp3) is 0.545. The molecule has 1 heterocycles. The molecule has 2 N–H and O–H groups in total. The highest BCUT2D eigenvalue weighted by Gasteiger charge is 2.16. The molecule has 1 aromatic rings. The molecule has 0 bridgehead atoms. The molecule has 0 spiro atoms. The molecular weight excluding hydrogens is 226 g/mol. The summed E-state index contributed by atoms with van der Waals surface area (Å²) in [5.74, 6) is 0.711. The third kappa shape index (κ3) is 3.13. The molecule has 0 aromatic carbocycles. The van der Waals surface area contributed by atoms with Crippen LogP contribution in [0, 0.1) is 0 Å². The number of rotatable bonds is 3. The molecular formula is C11H17NO3S. The summed E-state index contributed by atoms with van der Waals surface area (Å²) in [5, 5.41) is 1.73. The smallest absolute Gasteiger partial charge is 0.431 e. The van der Waals surface area contributed by atoms with Crippen LogP contribution in [0.4, 0.5) is 10.5 Å². The van der Waals surface area contributed by atoms with Gasteiger partial charge in [-0.3, -0.25) is 0 Å². The molecule has 0 radical (unpaired) electrons. The summed E-state index contributed by atoms with van der Waals surface area (Å²) in [4.78, 5) is 12.3. The lowest BCUT2D eigenvalue weighted by atomic mass is 10.1. The molecule has 0 aliphatic rings. The van der Waals surface area contributed by atoms with Gasteiger partial charge in [0.2, 0.25) is 0 Å². The minimum atomic E-state index is -0.713. The molecule has 5 heteroatoms. The van der Waals surface area contributed by atoms with Crippen molar-refractivity contribution in [2.24, 2.45) is 0 Å². The Labute approximate surface area is 99.4 Å². The van der Waals surface area contributed by atoms with Crippen molar-refractivity contribution < 1.29 is 14.3 Å². The minimum absolute atomic E-state index is 0.197. The zero-order valence-corrected chi connectivity index (χ0v) is 10.8. The van der Waals surface area contributed by atoms with E-state index in [-0.39, 0.29) is 6.10 Å². The highest BCUT2D eigenvalue weighted by atomic mass is 32.1. The molecule has 1 rings (SSSR count). The molecule has 4 nitrogen and oxygen atoms in total. The number of carbonyl (C=O) groups excluding carboxylic acids is 1. The average Bonchev–Trinajstić information content (AvgIpc) is 2.46. The van der Waals surface area contributed by atoms with Gasteiger partial charge in [-0.2, -0.15) is 0 Å². The quantitative estimate of drug-likeness (QED) is 0.827. The fourth-order valence-electron chi connectivity index (χ4n) is 1.20. The van der Waals surface area contributed by atoms with E-state index in [0.717, 1.165) is 4.88 Å². The third-order valence-electron chi connectivity index (χ3n) is 1.87. The van der Waals surface area contributed by atoms with Crippen molar-refractivity contribution in [1.29, 1.82) is 0 Å². The summed E-state index contributed by atoms with van der Waals surface area (Å²) in [7, 11) is 0. The van der Waals surface area contributed by atoms with Crippen LogP contribution < -0.4 is 10.5 Å². The summed E-state index contributed by atoms with van der Waals surface area (Å²) < 4.78 is 9.88. The van der Waals surface area contributed by atoms with Crippen molar-refractivity contribution in [3.8, 4) is 5.75 Å². The molecule has 0 fully saturated rings. The number of nitrogen functional groups attached to an aromatic ring is 1. The lowest BCUT2D eigenvalue weighted by Gasteiger charge is -2.08. The van der Waals surface area contributed by atoms with Gasteiger partial charge in [0.05, 0.1) is 11.8 Å². The Balaban J connectivity index is 2.71. The van der Waals surface area contributed by atoms with Crippen LogP contribution in [-0.4, -0.2) is 12.3 Å². The normalized spacial score (nSPS) is 10.9. The van der Waals surface area contributed by atoms with Crippen LogP contribution >= 0.6 is 11.3 Å². The largest absolute Gasteiger partial charge is 0.514 e. The summed E-state index contributed by atoms with van der Waals surface area (Å²) in [5.41, 5.74) is 6.39. The van der Waals surface area contributed by atoms with E-state index in [2.05, 4.69) is 0 Å². The molecule has 16 heavy (non-hydrogen) atoms. The Morgan fingerprint density at radius 3 is 2.44 bits per heavy atom. The number of thiophene rings is 1. The van der Waals surface area contributed by atoms with Crippen molar-refractivity contribution in [2.45, 2.75) is 39.7 Å². The molecule has 1 aromatic heterocycles. The summed E-state index contributed by atoms with van der Waals surface area (Å²) >= 11 is 1.49. The van der Waals surface area contributed by atoms with Gasteiger partial charge in [-0.15, -0.1) is 11.3 Å². The Morgan fingerprint density at radius 1 is 1.38 bits per heavy atom. The standard InChI is InChI=1S/C11H17NO3S/c1-6(2)10-9(12)8(5-16-10)15-11(13)14-7(3)4/h5-7H,12H2,1-4H3. The molecule has 0 saturated heterocycles. The number of hydrogen-bond donors (Lipinski definition) is 1. The average molecular weight is 243 g/mol. The van der Waals surface area contributed by atoms with E-state index in [0.29, 0.717) is 17.4 Å². The number of carbonyl (C=O) groups is 1. The zero-order chi connectivity index (χ0) is 12.3. The van der Waals surface area contributed by atoms with E-state index < -0.39 is 6.16 Å². The SMILES string of the molecule is CC(C)OC(=O)Oc1csc(C(C)C)c1N. The van der Waals surface area contributed by atoms with Gasteiger partial charge in [-0.05, 0) is 19.8 Å². The Bertz CT molecular complexity index is 371. The van der Waals surface area contributed by atoms with E-state index in [1.54, 1.807) is 19.2 Å². The molecule has 90 valence electrons. The van der Waals surface area contributed by atoms with Gasteiger partial charge in [0.1, 0.15) is 0 Å². The highest BCUT2D eigenvalue weighted by molar-refractivity contribution is 7.11. The lowest BCUT2D eigenvalue weighted by molar-refractivity contribution is 0.0732. The number of ether oxygens (including phenoxy) is 2. The Hall–Kier alpha value is -1.23. The van der Waals surface area contributed by atoms with Crippen molar-refractivity contribution in [3.63, 3.8) is 0 Å². The molecule has 0 unspecified atom stereocenters. The van der Waals surface area contributed by atoms with Gasteiger partial charge in [0.25, 0.3) is 0 Å². The van der Waals surface area contributed by atoms with E-state index in [4.69, 9.17) is 15.2 Å². The van der Waals surface area contributed by atoms with Gasteiger partial charge < -0.3 is 15.2 Å². The summed E-state index contributed by atoms with van der Waals surface area (Å²) in [6, 6.07) is 0. The maximum atomic E-state index is 11.3. The van der Waals surface area contributed by atoms with Crippen LogP contribution in [0.15, 0.2) is 5.38 Å². The number of hydrogen-bond acceptors (Lipinski definition) is 5. The minimum Gasteiger partial charge on any atom is -0.431 e. The van der Waals surface area contributed by atoms with Crippen LogP contribution in [-0.2, 0) is 4.74 Å². The Kier molecular flexibility index (Phi) is 4.18. The first-order valence-corrected chi connectivity index (χ1v) is 6.05. The van der Waals surface area contributed by atoms with Crippen molar-refractivity contribution in [1.82, 2.24) is 0 Å². The van der Waals surface area contributed by atoms with Crippen LogP contribution in [0.1, 0.15) is 38.5 Å². The van der Waals surface area contributed by atoms with E-state index in [9.17, 15) is 4.79 Å². The second kappa shape index (κ2) is 5.21. The van der Waals surface area contributed by atoms with Gasteiger partial charge in [-0.1, -0.05) is 13.8 Å². The van der Waals surface area contributed by atoms with Crippen LogP contribution in [0.25, 0.3) is 0 Å². The molecule has 0 saturated carbocycles. The monoisotopic (exact) mass is 243 g/mol. The second-order valence-corrected chi connectivity index (χ2v) is 4.96. The predicted octanol–water partition coefficient (Wildman–Crippen LogP) is 3.38. The highest BCUT2D eigenvalue weighted by Crippen LogP contribution is 2.37. The van der Waals surface area contributed by atoms with Crippen LogP contribution in [0.5, 0.6) is 5.75 Å². The van der Waals surface area contributed by atoms with E-state index >= 15 is 0 Å². The van der Waals surface area contributed by atoms with Crippen LogP contribution in [0.3, 0.4) is 0 Å². The lowest BCUT2D eigenvalue weighted by Crippen LogP contribution is -2.15. The van der Waals surface area contributed by atoms with Crippen molar-refractivity contribution >= 4 is 23.2 Å². The second-order valence-electron chi connectivity index (χ2n) is 4.05.